The van der Waals surface area contributed by atoms with E-state index in [0.717, 1.165) is 17.7 Å². The third-order valence-corrected chi connectivity index (χ3v) is 5.12. The van der Waals surface area contributed by atoms with Gasteiger partial charge in [-0.2, -0.15) is 0 Å². The second-order valence-corrected chi connectivity index (χ2v) is 7.07. The molecule has 1 aliphatic carbocycles. The Morgan fingerprint density at radius 2 is 1.52 bits per heavy atom. The van der Waals surface area contributed by atoms with E-state index in [-0.39, 0.29) is 5.91 Å². The Balaban J connectivity index is 1.40. The lowest BCUT2D eigenvalue weighted by Crippen LogP contribution is -2.30. The van der Waals surface area contributed by atoms with Crippen LogP contribution >= 0.6 is 0 Å². The summed E-state index contributed by atoms with van der Waals surface area (Å²) in [7, 11) is 0. The van der Waals surface area contributed by atoms with Gasteiger partial charge in [-0.15, -0.1) is 10.2 Å². The van der Waals surface area contributed by atoms with Crippen LogP contribution in [0, 0.1) is 5.92 Å². The number of nitrogens with one attached hydrogen (secondary N) is 1. The number of hydrogen-bond donors (Lipinski definition) is 1. The molecule has 0 atom stereocenters. The number of carbonyl (C=O) groups is 1. The van der Waals surface area contributed by atoms with Gasteiger partial charge in [0.05, 0.1) is 0 Å². The van der Waals surface area contributed by atoms with Crippen molar-refractivity contribution in [2.75, 3.05) is 6.54 Å². The van der Waals surface area contributed by atoms with E-state index < -0.39 is 0 Å². The Kier molecular flexibility index (Phi) is 5.28. The highest BCUT2D eigenvalue weighted by Crippen LogP contribution is 2.24. The summed E-state index contributed by atoms with van der Waals surface area (Å²) in [5.74, 6) is 1.53. The fourth-order valence-corrected chi connectivity index (χ4v) is 3.53. The molecule has 1 aliphatic rings. The highest BCUT2D eigenvalue weighted by atomic mass is 16.4. The van der Waals surface area contributed by atoms with E-state index in [0.29, 0.717) is 23.3 Å². The maximum absolute atomic E-state index is 12.4. The van der Waals surface area contributed by atoms with Gasteiger partial charge in [0.15, 0.2) is 0 Å². The molecule has 27 heavy (non-hydrogen) atoms. The van der Waals surface area contributed by atoms with Crippen LogP contribution in [0.25, 0.3) is 22.9 Å². The van der Waals surface area contributed by atoms with E-state index in [1.54, 1.807) is 12.1 Å². The highest BCUT2D eigenvalue weighted by molar-refractivity contribution is 5.94. The van der Waals surface area contributed by atoms with Gasteiger partial charge in [-0.05, 0) is 55.2 Å². The minimum absolute atomic E-state index is 0.0253. The molecule has 5 heteroatoms. The average Bonchev–Trinajstić information content (AvgIpc) is 3.24. The Labute approximate surface area is 158 Å². The molecule has 4 rings (SSSR count). The fraction of sp³-hybridized carbons (Fsp3) is 0.318. The molecule has 138 valence electrons. The van der Waals surface area contributed by atoms with Crippen LogP contribution in [0.2, 0.25) is 0 Å². The van der Waals surface area contributed by atoms with Crippen LogP contribution in [0.5, 0.6) is 0 Å². The van der Waals surface area contributed by atoms with Crippen LogP contribution in [-0.2, 0) is 0 Å². The third kappa shape index (κ3) is 4.25. The van der Waals surface area contributed by atoms with Gasteiger partial charge in [-0.1, -0.05) is 37.5 Å². The van der Waals surface area contributed by atoms with E-state index in [9.17, 15) is 4.79 Å². The molecule has 1 N–H and O–H groups in total. The zero-order valence-corrected chi connectivity index (χ0v) is 15.2. The molecule has 0 radical (unpaired) electrons. The number of hydrogen-bond acceptors (Lipinski definition) is 4. The van der Waals surface area contributed by atoms with Crippen molar-refractivity contribution in [2.45, 2.75) is 32.1 Å². The first-order valence-electron chi connectivity index (χ1n) is 9.57. The maximum atomic E-state index is 12.4. The van der Waals surface area contributed by atoms with Gasteiger partial charge in [0.25, 0.3) is 5.91 Å². The Bertz CT molecular complexity index is 881. The quantitative estimate of drug-likeness (QED) is 0.714. The SMILES string of the molecule is O=C(NCC1CCCCC1)c1ccc(-c2nnc(-c3ccccc3)o2)cc1. The summed E-state index contributed by atoms with van der Waals surface area (Å²) in [6, 6.07) is 17.0. The van der Waals surface area contributed by atoms with Crippen LogP contribution in [0.1, 0.15) is 42.5 Å². The van der Waals surface area contributed by atoms with Gasteiger partial charge in [0.2, 0.25) is 11.8 Å². The molecular formula is C22H23N3O2. The predicted octanol–water partition coefficient (Wildman–Crippen LogP) is 4.71. The first-order chi connectivity index (χ1) is 13.3. The van der Waals surface area contributed by atoms with Crippen LogP contribution in [0.3, 0.4) is 0 Å². The van der Waals surface area contributed by atoms with E-state index in [2.05, 4.69) is 15.5 Å². The summed E-state index contributed by atoms with van der Waals surface area (Å²) in [4.78, 5) is 12.4. The van der Waals surface area contributed by atoms with Crippen molar-refractivity contribution in [3.05, 3.63) is 60.2 Å². The van der Waals surface area contributed by atoms with Crippen molar-refractivity contribution >= 4 is 5.91 Å². The Morgan fingerprint density at radius 3 is 2.19 bits per heavy atom. The highest BCUT2D eigenvalue weighted by Gasteiger charge is 2.15. The Hall–Kier alpha value is -2.95. The molecule has 0 spiro atoms. The van der Waals surface area contributed by atoms with Gasteiger partial charge >= 0.3 is 0 Å². The molecule has 0 unspecified atom stereocenters. The fourth-order valence-electron chi connectivity index (χ4n) is 3.53. The van der Waals surface area contributed by atoms with E-state index in [1.807, 2.05) is 42.5 Å². The first-order valence-corrected chi connectivity index (χ1v) is 9.57. The first kappa shape index (κ1) is 17.5. The smallest absolute Gasteiger partial charge is 0.251 e. The van der Waals surface area contributed by atoms with Crippen LogP contribution in [0.15, 0.2) is 59.0 Å². The molecule has 0 bridgehead atoms. The zero-order valence-electron chi connectivity index (χ0n) is 15.2. The van der Waals surface area contributed by atoms with Crippen molar-refractivity contribution in [3.63, 3.8) is 0 Å². The lowest BCUT2D eigenvalue weighted by Gasteiger charge is -2.21. The lowest BCUT2D eigenvalue weighted by molar-refractivity contribution is 0.0943. The topological polar surface area (TPSA) is 68.0 Å². The molecular weight excluding hydrogens is 338 g/mol. The monoisotopic (exact) mass is 361 g/mol. The molecule has 0 aliphatic heterocycles. The van der Waals surface area contributed by atoms with Gasteiger partial charge in [-0.25, -0.2) is 0 Å². The van der Waals surface area contributed by atoms with Crippen molar-refractivity contribution < 1.29 is 9.21 Å². The molecule has 1 amide bonds. The van der Waals surface area contributed by atoms with E-state index >= 15 is 0 Å². The molecule has 5 nitrogen and oxygen atoms in total. The third-order valence-electron chi connectivity index (χ3n) is 5.12. The number of benzene rings is 2. The molecule has 0 saturated heterocycles. The minimum atomic E-state index is -0.0253. The molecule has 1 fully saturated rings. The summed E-state index contributed by atoms with van der Waals surface area (Å²) in [5, 5.41) is 11.3. The Morgan fingerprint density at radius 1 is 0.889 bits per heavy atom. The van der Waals surface area contributed by atoms with Crippen LogP contribution < -0.4 is 5.32 Å². The summed E-state index contributed by atoms with van der Waals surface area (Å²) in [6.07, 6.45) is 6.34. The molecule has 1 heterocycles. The van der Waals surface area contributed by atoms with Crippen LogP contribution in [0.4, 0.5) is 0 Å². The molecule has 2 aromatic carbocycles. The summed E-state index contributed by atoms with van der Waals surface area (Å²) < 4.78 is 5.76. The summed E-state index contributed by atoms with van der Waals surface area (Å²) in [6.45, 7) is 0.769. The van der Waals surface area contributed by atoms with Crippen molar-refractivity contribution in [1.82, 2.24) is 15.5 Å². The van der Waals surface area contributed by atoms with Gasteiger partial charge < -0.3 is 9.73 Å². The summed E-state index contributed by atoms with van der Waals surface area (Å²) in [5.41, 5.74) is 2.33. The normalized spacial score (nSPS) is 14.8. The maximum Gasteiger partial charge on any atom is 0.251 e. The number of amides is 1. The van der Waals surface area contributed by atoms with Crippen molar-refractivity contribution in [1.29, 1.82) is 0 Å². The van der Waals surface area contributed by atoms with E-state index in [4.69, 9.17) is 4.42 Å². The summed E-state index contributed by atoms with van der Waals surface area (Å²) >= 11 is 0. The van der Waals surface area contributed by atoms with Gasteiger partial charge in [0.1, 0.15) is 0 Å². The standard InChI is InChI=1S/C22H23N3O2/c26-20(23-15-16-7-3-1-4-8-16)17-11-13-19(14-12-17)22-25-24-21(27-22)18-9-5-2-6-10-18/h2,5-6,9-14,16H,1,3-4,7-8,15H2,(H,23,26). The van der Waals surface area contributed by atoms with Gasteiger partial charge in [-0.3, -0.25) is 4.79 Å². The molecule has 1 aromatic heterocycles. The number of nitrogens with zero attached hydrogens (tertiary/aromatic N) is 2. The lowest BCUT2D eigenvalue weighted by atomic mass is 9.89. The van der Waals surface area contributed by atoms with Crippen LogP contribution in [-0.4, -0.2) is 22.6 Å². The van der Waals surface area contributed by atoms with E-state index in [1.165, 1.54) is 32.1 Å². The average molecular weight is 361 g/mol. The second-order valence-electron chi connectivity index (χ2n) is 7.07. The largest absolute Gasteiger partial charge is 0.416 e. The predicted molar refractivity (Wildman–Crippen MR) is 104 cm³/mol. The van der Waals surface area contributed by atoms with Crippen molar-refractivity contribution in [3.8, 4) is 22.9 Å². The molecule has 3 aromatic rings. The number of aromatic nitrogens is 2. The minimum Gasteiger partial charge on any atom is -0.416 e. The second kappa shape index (κ2) is 8.16. The zero-order chi connectivity index (χ0) is 18.5. The van der Waals surface area contributed by atoms with Gasteiger partial charge in [0, 0.05) is 23.2 Å². The molecule has 1 saturated carbocycles. The number of carbonyl (C=O) groups excluding carboxylic acids is 1. The van der Waals surface area contributed by atoms with Crippen molar-refractivity contribution in [2.24, 2.45) is 5.92 Å². The number of rotatable bonds is 5.